The van der Waals surface area contributed by atoms with E-state index in [9.17, 15) is 0 Å². The normalized spacial score (nSPS) is 28.1. The third-order valence-corrected chi connectivity index (χ3v) is 6.34. The van der Waals surface area contributed by atoms with Crippen LogP contribution in [-0.4, -0.2) is 73.1 Å². The Hall–Kier alpha value is -0.900. The summed E-state index contributed by atoms with van der Waals surface area (Å²) in [6.07, 6.45) is 6.75. The molecule has 2 saturated heterocycles. The number of hydrogen-bond donors (Lipinski definition) is 0. The number of benzene rings is 1. The number of likely N-dealkylation sites (tertiary alicyclic amines) is 1. The molecule has 2 heterocycles. The number of piperazine rings is 1. The van der Waals surface area contributed by atoms with E-state index in [0.717, 1.165) is 12.1 Å². The van der Waals surface area contributed by atoms with Crippen LogP contribution in [0.4, 0.5) is 0 Å². The van der Waals surface area contributed by atoms with Crippen molar-refractivity contribution in [2.75, 3.05) is 46.3 Å². The maximum absolute atomic E-state index is 2.75. The van der Waals surface area contributed by atoms with Crippen molar-refractivity contribution >= 4 is 0 Å². The van der Waals surface area contributed by atoms with E-state index in [2.05, 4.69) is 46.0 Å². The van der Waals surface area contributed by atoms with Crippen LogP contribution in [0.3, 0.4) is 0 Å². The number of piperidine rings is 1. The zero-order valence-corrected chi connectivity index (χ0v) is 14.6. The zero-order chi connectivity index (χ0) is 15.6. The average Bonchev–Trinajstić information content (AvgIpc) is 3.02. The standard InChI is InChI=1S/C20H31N3/c1-21-9-5-4-8-19(21)16-22-10-12-23(13-11-22)20-14-17-6-2-3-7-18(17)15-20/h2-3,6-7,19-20H,4-5,8-16H2,1H3. The van der Waals surface area contributed by atoms with Crippen LogP contribution >= 0.6 is 0 Å². The van der Waals surface area contributed by atoms with Crippen LogP contribution in [0.2, 0.25) is 0 Å². The van der Waals surface area contributed by atoms with E-state index in [1.807, 2.05) is 0 Å². The van der Waals surface area contributed by atoms with Gasteiger partial charge in [-0.3, -0.25) is 9.80 Å². The number of rotatable bonds is 3. The quantitative estimate of drug-likeness (QED) is 0.847. The fraction of sp³-hybridized carbons (Fsp3) is 0.700. The van der Waals surface area contributed by atoms with Gasteiger partial charge in [0.15, 0.2) is 0 Å². The molecule has 2 fully saturated rings. The average molecular weight is 313 g/mol. The Labute approximate surface area is 141 Å². The Balaban J connectivity index is 1.27. The molecule has 3 heteroatoms. The van der Waals surface area contributed by atoms with Crippen molar-refractivity contribution in [3.63, 3.8) is 0 Å². The summed E-state index contributed by atoms with van der Waals surface area (Å²) in [6.45, 7) is 7.62. The van der Waals surface area contributed by atoms with Crippen molar-refractivity contribution in [2.24, 2.45) is 0 Å². The van der Waals surface area contributed by atoms with Crippen LogP contribution in [-0.2, 0) is 12.8 Å². The highest BCUT2D eigenvalue weighted by molar-refractivity contribution is 5.33. The molecule has 0 saturated carbocycles. The van der Waals surface area contributed by atoms with Gasteiger partial charge in [-0.05, 0) is 50.4 Å². The molecule has 1 aromatic rings. The molecule has 0 N–H and O–H groups in total. The van der Waals surface area contributed by atoms with Gasteiger partial charge in [0, 0.05) is 44.8 Å². The van der Waals surface area contributed by atoms with Crippen molar-refractivity contribution in [1.82, 2.24) is 14.7 Å². The molecule has 23 heavy (non-hydrogen) atoms. The molecule has 126 valence electrons. The molecule has 0 radical (unpaired) electrons. The smallest absolute Gasteiger partial charge is 0.0220 e. The predicted molar refractivity (Wildman–Crippen MR) is 95.9 cm³/mol. The van der Waals surface area contributed by atoms with Gasteiger partial charge < -0.3 is 4.90 Å². The van der Waals surface area contributed by atoms with Gasteiger partial charge in [-0.2, -0.15) is 0 Å². The molecule has 1 aromatic carbocycles. The first kappa shape index (κ1) is 15.6. The number of fused-ring (bicyclic) bond motifs is 1. The van der Waals surface area contributed by atoms with Gasteiger partial charge in [-0.1, -0.05) is 30.7 Å². The topological polar surface area (TPSA) is 9.72 Å². The fourth-order valence-corrected chi connectivity index (χ4v) is 4.78. The molecular weight excluding hydrogens is 282 g/mol. The largest absolute Gasteiger partial charge is 0.302 e. The third-order valence-electron chi connectivity index (χ3n) is 6.34. The van der Waals surface area contributed by atoms with Crippen molar-refractivity contribution in [3.8, 4) is 0 Å². The van der Waals surface area contributed by atoms with Gasteiger partial charge in [0.05, 0.1) is 0 Å². The number of nitrogens with zero attached hydrogens (tertiary/aromatic N) is 3. The van der Waals surface area contributed by atoms with Gasteiger partial charge >= 0.3 is 0 Å². The summed E-state index contributed by atoms with van der Waals surface area (Å²) in [6, 6.07) is 10.6. The van der Waals surface area contributed by atoms with Gasteiger partial charge in [0.1, 0.15) is 0 Å². The van der Waals surface area contributed by atoms with Crippen LogP contribution < -0.4 is 0 Å². The summed E-state index contributed by atoms with van der Waals surface area (Å²) in [4.78, 5) is 8.05. The van der Waals surface area contributed by atoms with E-state index in [1.54, 1.807) is 11.1 Å². The predicted octanol–water partition coefficient (Wildman–Crippen LogP) is 2.26. The summed E-state index contributed by atoms with van der Waals surface area (Å²) in [5.41, 5.74) is 3.17. The van der Waals surface area contributed by atoms with Gasteiger partial charge in [0.2, 0.25) is 0 Å². The minimum absolute atomic E-state index is 0.756. The molecule has 0 aromatic heterocycles. The monoisotopic (exact) mass is 313 g/mol. The van der Waals surface area contributed by atoms with Crippen LogP contribution in [0, 0.1) is 0 Å². The van der Waals surface area contributed by atoms with Crippen LogP contribution in [0.15, 0.2) is 24.3 Å². The Morgan fingerprint density at radius 2 is 1.61 bits per heavy atom. The van der Waals surface area contributed by atoms with Crippen molar-refractivity contribution < 1.29 is 0 Å². The van der Waals surface area contributed by atoms with E-state index >= 15 is 0 Å². The second-order valence-electron chi connectivity index (χ2n) is 7.80. The summed E-state index contributed by atoms with van der Waals surface area (Å²) in [5, 5.41) is 0. The molecule has 1 unspecified atom stereocenters. The van der Waals surface area contributed by atoms with E-state index in [1.165, 1.54) is 71.4 Å². The molecule has 1 aliphatic carbocycles. The lowest BCUT2D eigenvalue weighted by atomic mass is 10.0. The number of likely N-dealkylation sites (N-methyl/N-ethyl adjacent to an activating group) is 1. The van der Waals surface area contributed by atoms with E-state index in [0.29, 0.717) is 0 Å². The Kier molecular flexibility index (Phi) is 4.70. The lowest BCUT2D eigenvalue weighted by Gasteiger charge is -2.41. The Morgan fingerprint density at radius 3 is 2.26 bits per heavy atom. The lowest BCUT2D eigenvalue weighted by Crippen LogP contribution is -2.54. The SMILES string of the molecule is CN1CCCCC1CN1CCN(C2Cc3ccccc3C2)CC1. The summed E-state index contributed by atoms with van der Waals surface area (Å²) in [5.74, 6) is 0. The first-order valence-corrected chi connectivity index (χ1v) is 9.53. The van der Waals surface area contributed by atoms with Crippen LogP contribution in [0.1, 0.15) is 30.4 Å². The first-order chi connectivity index (χ1) is 11.3. The van der Waals surface area contributed by atoms with E-state index in [-0.39, 0.29) is 0 Å². The van der Waals surface area contributed by atoms with Gasteiger partial charge in [-0.25, -0.2) is 0 Å². The van der Waals surface area contributed by atoms with Crippen molar-refractivity contribution in [3.05, 3.63) is 35.4 Å². The summed E-state index contributed by atoms with van der Waals surface area (Å²) >= 11 is 0. The second-order valence-corrected chi connectivity index (χ2v) is 7.80. The zero-order valence-electron chi connectivity index (χ0n) is 14.6. The van der Waals surface area contributed by atoms with Gasteiger partial charge in [0.25, 0.3) is 0 Å². The summed E-state index contributed by atoms with van der Waals surface area (Å²) < 4.78 is 0. The molecule has 0 bridgehead atoms. The second kappa shape index (κ2) is 6.92. The van der Waals surface area contributed by atoms with Crippen molar-refractivity contribution in [1.29, 1.82) is 0 Å². The van der Waals surface area contributed by atoms with Crippen LogP contribution in [0.5, 0.6) is 0 Å². The molecular formula is C20H31N3. The minimum atomic E-state index is 0.756. The molecule has 1 atom stereocenters. The molecule has 4 rings (SSSR count). The Bertz CT molecular complexity index is 496. The van der Waals surface area contributed by atoms with E-state index < -0.39 is 0 Å². The highest BCUT2D eigenvalue weighted by Crippen LogP contribution is 2.26. The molecule has 3 aliphatic rings. The maximum Gasteiger partial charge on any atom is 0.0220 e. The minimum Gasteiger partial charge on any atom is -0.302 e. The van der Waals surface area contributed by atoms with E-state index in [4.69, 9.17) is 0 Å². The highest BCUT2D eigenvalue weighted by atomic mass is 15.3. The van der Waals surface area contributed by atoms with Crippen LogP contribution in [0.25, 0.3) is 0 Å². The summed E-state index contributed by atoms with van der Waals surface area (Å²) in [7, 11) is 2.32. The molecule has 0 spiro atoms. The maximum atomic E-state index is 2.75. The molecule has 0 amide bonds. The highest BCUT2D eigenvalue weighted by Gasteiger charge is 2.30. The first-order valence-electron chi connectivity index (χ1n) is 9.53. The molecule has 2 aliphatic heterocycles. The van der Waals surface area contributed by atoms with Gasteiger partial charge in [-0.15, -0.1) is 0 Å². The third kappa shape index (κ3) is 3.47. The molecule has 3 nitrogen and oxygen atoms in total. The Morgan fingerprint density at radius 1 is 0.913 bits per heavy atom. The fourth-order valence-electron chi connectivity index (χ4n) is 4.78. The van der Waals surface area contributed by atoms with Crippen molar-refractivity contribution in [2.45, 2.75) is 44.2 Å². The lowest BCUT2D eigenvalue weighted by molar-refractivity contribution is 0.0674. The number of hydrogen-bond acceptors (Lipinski definition) is 3.